The van der Waals surface area contributed by atoms with Gasteiger partial charge in [0.2, 0.25) is 5.95 Å². The number of ether oxygens (including phenoxy) is 1. The Balaban J connectivity index is 0.00000205. The standard InChI is InChI=1S/C22H25N5O.H2S/c1-15-6-3-4-7-17(15)19-9-11-27(19)21-18-8-5-10-23-20(18)24-22(25-21)26-12-13-28-14-16(26)2;/h3-8,10,16,19H,9,11-14H2,1-2H3;1H2/t16-,19?;/m0./s1. The molecule has 0 saturated carbocycles. The second-order valence-electron chi connectivity index (χ2n) is 7.69. The van der Waals surface area contributed by atoms with E-state index in [0.717, 1.165) is 42.3 Å². The number of aryl methyl sites for hydroxylation is 1. The van der Waals surface area contributed by atoms with Gasteiger partial charge in [-0.2, -0.15) is 23.5 Å². The van der Waals surface area contributed by atoms with Crippen molar-refractivity contribution in [3.8, 4) is 0 Å². The molecule has 152 valence electrons. The topological polar surface area (TPSA) is 54.4 Å². The zero-order valence-corrected chi connectivity index (χ0v) is 17.9. The first kappa shape index (κ1) is 19.9. The Hall–Kier alpha value is -2.38. The zero-order valence-electron chi connectivity index (χ0n) is 16.9. The molecule has 5 rings (SSSR count). The van der Waals surface area contributed by atoms with E-state index in [2.05, 4.69) is 59.0 Å². The Bertz CT molecular complexity index is 1010. The Morgan fingerprint density at radius 2 is 1.90 bits per heavy atom. The summed E-state index contributed by atoms with van der Waals surface area (Å²) in [7, 11) is 0. The van der Waals surface area contributed by atoms with Gasteiger partial charge in [-0.15, -0.1) is 0 Å². The Morgan fingerprint density at radius 1 is 1.03 bits per heavy atom. The van der Waals surface area contributed by atoms with E-state index < -0.39 is 0 Å². The fraction of sp³-hybridized carbons (Fsp3) is 0.409. The summed E-state index contributed by atoms with van der Waals surface area (Å²) in [6, 6.07) is 13.3. The van der Waals surface area contributed by atoms with Gasteiger partial charge in [-0.3, -0.25) is 0 Å². The minimum Gasteiger partial charge on any atom is -0.377 e. The third-order valence-electron chi connectivity index (χ3n) is 5.90. The van der Waals surface area contributed by atoms with E-state index in [1.165, 1.54) is 11.1 Å². The van der Waals surface area contributed by atoms with Crippen LogP contribution in [-0.2, 0) is 4.74 Å². The number of hydrogen-bond acceptors (Lipinski definition) is 6. The predicted octanol–water partition coefficient (Wildman–Crippen LogP) is 3.62. The summed E-state index contributed by atoms with van der Waals surface area (Å²) in [4.78, 5) is 19.0. The third-order valence-corrected chi connectivity index (χ3v) is 5.90. The van der Waals surface area contributed by atoms with Crippen molar-refractivity contribution < 1.29 is 4.74 Å². The molecule has 1 aromatic carbocycles. The Kier molecular flexibility index (Phi) is 5.61. The van der Waals surface area contributed by atoms with Crippen molar-refractivity contribution in [3.05, 3.63) is 53.7 Å². The van der Waals surface area contributed by atoms with Crippen LogP contribution in [-0.4, -0.2) is 47.3 Å². The van der Waals surface area contributed by atoms with Gasteiger partial charge in [0.15, 0.2) is 5.65 Å². The fourth-order valence-corrected chi connectivity index (χ4v) is 4.23. The minimum absolute atomic E-state index is 0. The molecule has 2 saturated heterocycles. The van der Waals surface area contributed by atoms with Crippen LogP contribution >= 0.6 is 13.5 Å². The van der Waals surface area contributed by atoms with Gasteiger partial charge in [0, 0.05) is 19.3 Å². The SMILES string of the molecule is Cc1ccccc1C1CCN1c1nc(N2CCOC[C@@H]2C)nc2ncccc12.S. The molecular formula is C22H27N5OS. The van der Waals surface area contributed by atoms with Gasteiger partial charge in [-0.25, -0.2) is 4.98 Å². The summed E-state index contributed by atoms with van der Waals surface area (Å²) in [5.41, 5.74) is 3.47. The average molecular weight is 410 g/mol. The molecule has 6 nitrogen and oxygen atoms in total. The molecule has 0 amide bonds. The second kappa shape index (κ2) is 8.16. The Labute approximate surface area is 178 Å². The van der Waals surface area contributed by atoms with Crippen LogP contribution in [0, 0.1) is 6.92 Å². The van der Waals surface area contributed by atoms with Gasteiger partial charge in [0.1, 0.15) is 5.82 Å². The molecule has 0 radical (unpaired) electrons. The second-order valence-corrected chi connectivity index (χ2v) is 7.69. The van der Waals surface area contributed by atoms with Crippen molar-refractivity contribution in [3.63, 3.8) is 0 Å². The third kappa shape index (κ3) is 3.53. The number of nitrogens with zero attached hydrogens (tertiary/aromatic N) is 5. The normalized spacial score (nSPS) is 21.6. The lowest BCUT2D eigenvalue weighted by Gasteiger charge is -2.43. The molecule has 2 atom stereocenters. The highest BCUT2D eigenvalue weighted by atomic mass is 32.1. The van der Waals surface area contributed by atoms with Crippen LogP contribution in [0.4, 0.5) is 11.8 Å². The highest BCUT2D eigenvalue weighted by Crippen LogP contribution is 2.41. The lowest BCUT2D eigenvalue weighted by Crippen LogP contribution is -2.45. The summed E-state index contributed by atoms with van der Waals surface area (Å²) in [5.74, 6) is 1.75. The summed E-state index contributed by atoms with van der Waals surface area (Å²) in [6.07, 6.45) is 2.94. The first-order valence-electron chi connectivity index (χ1n) is 10.0. The van der Waals surface area contributed by atoms with Crippen LogP contribution in [0.5, 0.6) is 0 Å². The number of morpholine rings is 1. The summed E-state index contributed by atoms with van der Waals surface area (Å²) >= 11 is 0. The molecule has 2 aliphatic rings. The van der Waals surface area contributed by atoms with Crippen molar-refractivity contribution in [2.45, 2.75) is 32.4 Å². The predicted molar refractivity (Wildman–Crippen MR) is 121 cm³/mol. The first-order chi connectivity index (χ1) is 13.7. The van der Waals surface area contributed by atoms with Crippen molar-refractivity contribution in [2.24, 2.45) is 0 Å². The van der Waals surface area contributed by atoms with Crippen LogP contribution in [0.1, 0.15) is 30.5 Å². The molecule has 2 aromatic heterocycles. The van der Waals surface area contributed by atoms with E-state index in [1.807, 2.05) is 6.07 Å². The lowest BCUT2D eigenvalue weighted by atomic mass is 9.91. The molecule has 7 heteroatoms. The van der Waals surface area contributed by atoms with E-state index in [4.69, 9.17) is 14.7 Å². The maximum atomic E-state index is 5.60. The number of hydrogen-bond donors (Lipinski definition) is 0. The molecule has 0 bridgehead atoms. The van der Waals surface area contributed by atoms with E-state index in [9.17, 15) is 0 Å². The molecule has 0 spiro atoms. The maximum Gasteiger partial charge on any atom is 0.229 e. The van der Waals surface area contributed by atoms with Gasteiger partial charge in [0.05, 0.1) is 30.7 Å². The molecule has 0 aliphatic carbocycles. The molecule has 2 aliphatic heterocycles. The van der Waals surface area contributed by atoms with Crippen LogP contribution in [0.3, 0.4) is 0 Å². The van der Waals surface area contributed by atoms with Crippen LogP contribution < -0.4 is 9.80 Å². The number of rotatable bonds is 3. The van der Waals surface area contributed by atoms with E-state index in [1.54, 1.807) is 6.20 Å². The summed E-state index contributed by atoms with van der Waals surface area (Å²) < 4.78 is 5.60. The van der Waals surface area contributed by atoms with Crippen molar-refractivity contribution in [2.75, 3.05) is 36.1 Å². The van der Waals surface area contributed by atoms with Gasteiger partial charge in [0.25, 0.3) is 0 Å². The largest absolute Gasteiger partial charge is 0.377 e. The van der Waals surface area contributed by atoms with Crippen molar-refractivity contribution >= 4 is 36.3 Å². The Morgan fingerprint density at radius 3 is 2.66 bits per heavy atom. The number of aromatic nitrogens is 3. The fourth-order valence-electron chi connectivity index (χ4n) is 4.23. The van der Waals surface area contributed by atoms with Gasteiger partial charge in [-0.05, 0) is 43.5 Å². The van der Waals surface area contributed by atoms with E-state index in [0.29, 0.717) is 19.3 Å². The zero-order chi connectivity index (χ0) is 19.1. The van der Waals surface area contributed by atoms with Crippen LogP contribution in [0.2, 0.25) is 0 Å². The first-order valence-corrected chi connectivity index (χ1v) is 10.0. The van der Waals surface area contributed by atoms with Crippen LogP contribution in [0.25, 0.3) is 11.0 Å². The average Bonchev–Trinajstić information content (AvgIpc) is 2.69. The monoisotopic (exact) mass is 409 g/mol. The molecular weight excluding hydrogens is 382 g/mol. The molecule has 4 heterocycles. The van der Waals surface area contributed by atoms with Crippen molar-refractivity contribution in [1.82, 2.24) is 15.0 Å². The highest BCUT2D eigenvalue weighted by molar-refractivity contribution is 7.59. The van der Waals surface area contributed by atoms with Crippen LogP contribution in [0.15, 0.2) is 42.6 Å². The molecule has 29 heavy (non-hydrogen) atoms. The van der Waals surface area contributed by atoms with Gasteiger partial charge >= 0.3 is 0 Å². The number of fused-ring (bicyclic) bond motifs is 1. The van der Waals surface area contributed by atoms with Crippen molar-refractivity contribution in [1.29, 1.82) is 0 Å². The summed E-state index contributed by atoms with van der Waals surface area (Å²) in [5, 5.41) is 1.02. The highest BCUT2D eigenvalue weighted by Gasteiger charge is 2.34. The molecule has 2 fully saturated rings. The van der Waals surface area contributed by atoms with E-state index >= 15 is 0 Å². The number of benzene rings is 1. The maximum absolute atomic E-state index is 5.60. The molecule has 3 aromatic rings. The smallest absolute Gasteiger partial charge is 0.229 e. The summed E-state index contributed by atoms with van der Waals surface area (Å²) in [6.45, 7) is 7.56. The minimum atomic E-state index is 0. The van der Waals surface area contributed by atoms with Gasteiger partial charge < -0.3 is 14.5 Å². The molecule has 0 N–H and O–H groups in total. The number of pyridine rings is 1. The molecule has 1 unspecified atom stereocenters. The van der Waals surface area contributed by atoms with Gasteiger partial charge in [-0.1, -0.05) is 24.3 Å². The quantitative estimate of drug-likeness (QED) is 0.659. The number of anilines is 2. The van der Waals surface area contributed by atoms with E-state index in [-0.39, 0.29) is 19.5 Å². The lowest BCUT2D eigenvalue weighted by molar-refractivity contribution is 0.0981.